The Hall–Kier alpha value is -1.69. The Bertz CT molecular complexity index is 492. The third-order valence-electron chi connectivity index (χ3n) is 3.82. The van der Waals surface area contributed by atoms with Crippen molar-refractivity contribution in [1.82, 2.24) is 9.97 Å². The van der Waals surface area contributed by atoms with E-state index in [4.69, 9.17) is 5.11 Å². The number of anilines is 1. The van der Waals surface area contributed by atoms with E-state index in [0.717, 1.165) is 19.3 Å². The van der Waals surface area contributed by atoms with Crippen molar-refractivity contribution in [2.75, 3.05) is 11.9 Å². The first-order valence-electron chi connectivity index (χ1n) is 6.41. The van der Waals surface area contributed by atoms with Gasteiger partial charge in [-0.15, -0.1) is 0 Å². The molecule has 2 rings (SSSR count). The second kappa shape index (κ2) is 5.13. The summed E-state index contributed by atoms with van der Waals surface area (Å²) in [6, 6.07) is 1.51. The van der Waals surface area contributed by atoms with Gasteiger partial charge in [0.1, 0.15) is 0 Å². The molecule has 19 heavy (non-hydrogen) atoms. The molecule has 1 saturated carbocycles. The molecule has 0 bridgehead atoms. The van der Waals surface area contributed by atoms with Crippen molar-refractivity contribution in [2.45, 2.75) is 39.2 Å². The van der Waals surface area contributed by atoms with Crippen molar-refractivity contribution >= 4 is 11.9 Å². The van der Waals surface area contributed by atoms with E-state index >= 15 is 0 Å². The Morgan fingerprint density at radius 1 is 1.58 bits per heavy atom. The number of carboxylic acids is 1. The highest BCUT2D eigenvalue weighted by Gasteiger charge is 2.38. The maximum atomic E-state index is 11.0. The molecular weight excluding hydrogens is 246 g/mol. The lowest BCUT2D eigenvalue weighted by Crippen LogP contribution is -2.37. The van der Waals surface area contributed by atoms with Gasteiger partial charge in [-0.2, -0.15) is 0 Å². The van der Waals surface area contributed by atoms with Crippen LogP contribution in [0, 0.1) is 12.3 Å². The summed E-state index contributed by atoms with van der Waals surface area (Å²) in [6.07, 6.45) is 2.90. The SMILES string of the molecule is Cc1cc(C(=O)O)nc(N[C@@H]2CCC[C@@]2(C)CO)n1. The van der Waals surface area contributed by atoms with Gasteiger partial charge in [0, 0.05) is 17.2 Å². The second-order valence-electron chi connectivity index (χ2n) is 5.42. The number of aromatic carboxylic acids is 1. The quantitative estimate of drug-likeness (QED) is 0.762. The summed E-state index contributed by atoms with van der Waals surface area (Å²) in [4.78, 5) is 19.2. The minimum atomic E-state index is -1.06. The first-order valence-corrected chi connectivity index (χ1v) is 6.41. The summed E-state index contributed by atoms with van der Waals surface area (Å²) >= 11 is 0. The van der Waals surface area contributed by atoms with E-state index in [1.807, 2.05) is 6.92 Å². The second-order valence-corrected chi connectivity index (χ2v) is 5.42. The molecule has 0 aromatic carbocycles. The zero-order valence-electron chi connectivity index (χ0n) is 11.2. The van der Waals surface area contributed by atoms with Crippen LogP contribution in [0.1, 0.15) is 42.4 Å². The average Bonchev–Trinajstić information content (AvgIpc) is 2.71. The Kier molecular flexibility index (Phi) is 3.71. The number of carboxylic acid groups (broad SMARTS) is 1. The van der Waals surface area contributed by atoms with E-state index in [2.05, 4.69) is 15.3 Å². The molecule has 6 heteroatoms. The van der Waals surface area contributed by atoms with Crippen LogP contribution in [0.3, 0.4) is 0 Å². The average molecular weight is 265 g/mol. The van der Waals surface area contributed by atoms with Gasteiger partial charge in [0.25, 0.3) is 0 Å². The molecule has 2 atom stereocenters. The molecule has 0 radical (unpaired) electrons. The number of hydrogen-bond donors (Lipinski definition) is 3. The van der Waals surface area contributed by atoms with E-state index < -0.39 is 5.97 Å². The topological polar surface area (TPSA) is 95.3 Å². The Balaban J connectivity index is 2.21. The fourth-order valence-electron chi connectivity index (χ4n) is 2.57. The van der Waals surface area contributed by atoms with Crippen LogP contribution in [0.2, 0.25) is 0 Å². The van der Waals surface area contributed by atoms with Gasteiger partial charge in [-0.1, -0.05) is 13.3 Å². The summed E-state index contributed by atoms with van der Waals surface area (Å²) < 4.78 is 0. The molecule has 1 aliphatic rings. The molecule has 1 fully saturated rings. The van der Waals surface area contributed by atoms with Gasteiger partial charge in [-0.25, -0.2) is 14.8 Å². The van der Waals surface area contributed by atoms with Crippen LogP contribution >= 0.6 is 0 Å². The minimum Gasteiger partial charge on any atom is -0.477 e. The van der Waals surface area contributed by atoms with Gasteiger partial charge in [0.2, 0.25) is 5.95 Å². The van der Waals surface area contributed by atoms with Gasteiger partial charge in [-0.05, 0) is 25.8 Å². The van der Waals surface area contributed by atoms with Crippen molar-refractivity contribution in [3.63, 3.8) is 0 Å². The Morgan fingerprint density at radius 3 is 2.95 bits per heavy atom. The van der Waals surface area contributed by atoms with Crippen molar-refractivity contribution in [2.24, 2.45) is 5.41 Å². The molecule has 6 nitrogen and oxygen atoms in total. The van der Waals surface area contributed by atoms with Crippen LogP contribution < -0.4 is 5.32 Å². The third-order valence-corrected chi connectivity index (χ3v) is 3.82. The van der Waals surface area contributed by atoms with E-state index in [9.17, 15) is 9.90 Å². The zero-order chi connectivity index (χ0) is 14.0. The Morgan fingerprint density at radius 2 is 2.32 bits per heavy atom. The lowest BCUT2D eigenvalue weighted by Gasteiger charge is -2.30. The number of rotatable bonds is 4. The summed E-state index contributed by atoms with van der Waals surface area (Å²) in [7, 11) is 0. The summed E-state index contributed by atoms with van der Waals surface area (Å²) in [6.45, 7) is 3.85. The number of aromatic nitrogens is 2. The molecular formula is C13H19N3O3. The van der Waals surface area contributed by atoms with E-state index in [1.165, 1.54) is 6.07 Å². The van der Waals surface area contributed by atoms with Gasteiger partial charge >= 0.3 is 5.97 Å². The minimum absolute atomic E-state index is 0.0151. The predicted molar refractivity (Wildman–Crippen MR) is 70.2 cm³/mol. The number of aliphatic hydroxyl groups excluding tert-OH is 1. The number of aryl methyl sites for hydroxylation is 1. The molecule has 1 aromatic heterocycles. The van der Waals surface area contributed by atoms with Crippen molar-refractivity contribution in [3.8, 4) is 0 Å². The molecule has 0 spiro atoms. The summed E-state index contributed by atoms with van der Waals surface area (Å²) in [5.74, 6) is -0.742. The molecule has 1 aliphatic carbocycles. The summed E-state index contributed by atoms with van der Waals surface area (Å²) in [5, 5.41) is 21.7. The highest BCUT2D eigenvalue weighted by atomic mass is 16.4. The maximum absolute atomic E-state index is 11.0. The first kappa shape index (κ1) is 13.7. The molecule has 0 saturated heterocycles. The lowest BCUT2D eigenvalue weighted by atomic mass is 9.86. The molecule has 1 heterocycles. The third kappa shape index (κ3) is 2.84. The highest BCUT2D eigenvalue weighted by Crippen LogP contribution is 2.38. The molecule has 0 aliphatic heterocycles. The van der Waals surface area contributed by atoms with Crippen molar-refractivity contribution < 1.29 is 15.0 Å². The number of aliphatic hydroxyl groups is 1. The number of nitrogens with zero attached hydrogens (tertiary/aromatic N) is 2. The Labute approximate surface area is 111 Å². The number of hydrogen-bond acceptors (Lipinski definition) is 5. The van der Waals surface area contributed by atoms with Crippen LogP contribution in [0.5, 0.6) is 0 Å². The molecule has 0 unspecified atom stereocenters. The van der Waals surface area contributed by atoms with Crippen LogP contribution in [0.25, 0.3) is 0 Å². The largest absolute Gasteiger partial charge is 0.477 e. The predicted octanol–water partition coefficient (Wildman–Crippen LogP) is 1.45. The fourth-order valence-corrected chi connectivity index (χ4v) is 2.57. The standard InChI is InChI=1S/C13H19N3O3/c1-8-6-9(11(18)19)15-12(14-8)16-10-4-3-5-13(10,2)7-17/h6,10,17H,3-5,7H2,1-2H3,(H,18,19)(H,14,15,16)/t10-,13+/m1/s1. The monoisotopic (exact) mass is 265 g/mol. The van der Waals surface area contributed by atoms with E-state index in [0.29, 0.717) is 11.6 Å². The normalized spacial score (nSPS) is 26.4. The summed E-state index contributed by atoms with van der Waals surface area (Å²) in [5.41, 5.74) is 0.397. The van der Waals surface area contributed by atoms with Crippen LogP contribution in [-0.4, -0.2) is 38.8 Å². The fraction of sp³-hybridized carbons (Fsp3) is 0.615. The molecule has 1 aromatic rings. The highest BCUT2D eigenvalue weighted by molar-refractivity contribution is 5.85. The van der Waals surface area contributed by atoms with Crippen LogP contribution in [0.4, 0.5) is 5.95 Å². The lowest BCUT2D eigenvalue weighted by molar-refractivity contribution is 0.0690. The van der Waals surface area contributed by atoms with Gasteiger partial charge in [0.15, 0.2) is 5.69 Å². The van der Waals surface area contributed by atoms with Crippen molar-refractivity contribution in [1.29, 1.82) is 0 Å². The van der Waals surface area contributed by atoms with Gasteiger partial charge in [-0.3, -0.25) is 0 Å². The molecule has 3 N–H and O–H groups in total. The smallest absolute Gasteiger partial charge is 0.354 e. The zero-order valence-corrected chi connectivity index (χ0v) is 11.2. The first-order chi connectivity index (χ1) is 8.94. The molecule has 104 valence electrons. The maximum Gasteiger partial charge on any atom is 0.354 e. The van der Waals surface area contributed by atoms with Gasteiger partial charge in [0.05, 0.1) is 6.61 Å². The van der Waals surface area contributed by atoms with Crippen molar-refractivity contribution in [3.05, 3.63) is 17.5 Å². The van der Waals surface area contributed by atoms with Crippen LogP contribution in [-0.2, 0) is 0 Å². The van der Waals surface area contributed by atoms with Crippen LogP contribution in [0.15, 0.2) is 6.07 Å². The number of carbonyl (C=O) groups is 1. The van der Waals surface area contributed by atoms with E-state index in [1.54, 1.807) is 6.92 Å². The van der Waals surface area contributed by atoms with E-state index in [-0.39, 0.29) is 23.8 Å². The van der Waals surface area contributed by atoms with Gasteiger partial charge < -0.3 is 15.5 Å². The molecule has 0 amide bonds. The number of nitrogens with one attached hydrogen (secondary N) is 1.